The van der Waals surface area contributed by atoms with Gasteiger partial charge >= 0.3 is 6.09 Å². The molecular formula is C18H22N2O4. The second-order valence-electron chi connectivity index (χ2n) is 5.39. The van der Waals surface area contributed by atoms with E-state index in [1.54, 1.807) is 19.9 Å². The maximum Gasteiger partial charge on any atom is 0.426 e. The first-order chi connectivity index (χ1) is 11.5. The Morgan fingerprint density at radius 2 is 1.88 bits per heavy atom. The van der Waals surface area contributed by atoms with E-state index in [4.69, 9.17) is 9.47 Å². The Kier molecular flexibility index (Phi) is 6.03. The van der Waals surface area contributed by atoms with Crippen LogP contribution in [0.4, 0.5) is 10.5 Å². The summed E-state index contributed by atoms with van der Waals surface area (Å²) >= 11 is 0. The summed E-state index contributed by atoms with van der Waals surface area (Å²) in [6, 6.07) is 15.3. The zero-order valence-corrected chi connectivity index (χ0v) is 14.0. The lowest BCUT2D eigenvalue weighted by Crippen LogP contribution is -2.44. The van der Waals surface area contributed by atoms with Crippen LogP contribution < -0.4 is 15.2 Å². The van der Waals surface area contributed by atoms with Crippen molar-refractivity contribution in [2.24, 2.45) is 0 Å². The Labute approximate surface area is 141 Å². The van der Waals surface area contributed by atoms with Gasteiger partial charge in [0.1, 0.15) is 18.2 Å². The maximum absolute atomic E-state index is 11.8. The molecule has 0 aliphatic rings. The largest absolute Gasteiger partial charge is 0.495 e. The van der Waals surface area contributed by atoms with Gasteiger partial charge in [0.25, 0.3) is 0 Å². The first-order valence-electron chi connectivity index (χ1n) is 7.64. The van der Waals surface area contributed by atoms with Crippen molar-refractivity contribution in [3.63, 3.8) is 0 Å². The highest BCUT2D eigenvalue weighted by molar-refractivity contribution is 5.75. The van der Waals surface area contributed by atoms with Gasteiger partial charge < -0.3 is 14.6 Å². The van der Waals surface area contributed by atoms with E-state index in [0.29, 0.717) is 11.4 Å². The number of ether oxygens (including phenoxy) is 2. The number of amides is 1. The zero-order chi connectivity index (χ0) is 17.5. The third-order valence-electron chi connectivity index (χ3n) is 3.29. The molecule has 1 amide bonds. The molecule has 6 heteroatoms. The predicted molar refractivity (Wildman–Crippen MR) is 92.7 cm³/mol. The number of aliphatic hydroxyl groups excluding tert-OH is 1. The minimum atomic E-state index is -0.647. The molecular weight excluding hydrogens is 308 g/mol. The minimum absolute atomic E-state index is 0.261. The lowest BCUT2D eigenvalue weighted by Gasteiger charge is -2.25. The number of carbonyl (C=O) groups excluding carboxylic acids is 1. The number of hydrogen-bond donors (Lipinski definition) is 2. The molecule has 0 saturated heterocycles. The molecule has 128 valence electrons. The zero-order valence-electron chi connectivity index (χ0n) is 14.0. The smallest absolute Gasteiger partial charge is 0.426 e. The molecule has 24 heavy (non-hydrogen) atoms. The van der Waals surface area contributed by atoms with E-state index in [1.165, 1.54) is 12.1 Å². The van der Waals surface area contributed by atoms with Gasteiger partial charge in [0, 0.05) is 0 Å². The van der Waals surface area contributed by atoms with Crippen LogP contribution in [-0.4, -0.2) is 31.1 Å². The normalized spacial score (nSPS) is 10.4. The van der Waals surface area contributed by atoms with E-state index < -0.39 is 12.8 Å². The Morgan fingerprint density at radius 1 is 1.17 bits per heavy atom. The highest BCUT2D eigenvalue weighted by atomic mass is 16.6. The Hall–Kier alpha value is -2.73. The van der Waals surface area contributed by atoms with Crippen LogP contribution in [0.3, 0.4) is 0 Å². The van der Waals surface area contributed by atoms with E-state index in [-0.39, 0.29) is 6.10 Å². The average Bonchev–Trinajstić information content (AvgIpc) is 2.59. The third-order valence-corrected chi connectivity index (χ3v) is 3.29. The van der Waals surface area contributed by atoms with Gasteiger partial charge in [-0.1, -0.05) is 36.4 Å². The van der Waals surface area contributed by atoms with Gasteiger partial charge in [-0.3, -0.25) is 5.01 Å². The van der Waals surface area contributed by atoms with Crippen LogP contribution in [0, 0.1) is 0 Å². The van der Waals surface area contributed by atoms with Gasteiger partial charge in [0.15, 0.2) is 0 Å². The molecule has 0 unspecified atom stereocenters. The highest BCUT2D eigenvalue weighted by Gasteiger charge is 2.16. The van der Waals surface area contributed by atoms with Crippen molar-refractivity contribution in [3.05, 3.63) is 48.5 Å². The van der Waals surface area contributed by atoms with Crippen LogP contribution in [0.2, 0.25) is 0 Å². The van der Waals surface area contributed by atoms with E-state index >= 15 is 0 Å². The molecule has 2 aromatic rings. The van der Waals surface area contributed by atoms with E-state index in [1.807, 2.05) is 42.5 Å². The Morgan fingerprint density at radius 3 is 2.46 bits per heavy atom. The van der Waals surface area contributed by atoms with Gasteiger partial charge in [-0.05, 0) is 37.1 Å². The topological polar surface area (TPSA) is 71.0 Å². The molecule has 0 aromatic heterocycles. The summed E-state index contributed by atoms with van der Waals surface area (Å²) in [6.07, 6.45) is -0.908. The predicted octanol–water partition coefficient (Wildman–Crippen LogP) is 3.17. The molecule has 2 rings (SSSR count). The van der Waals surface area contributed by atoms with E-state index in [9.17, 15) is 9.90 Å². The molecule has 0 aliphatic heterocycles. The summed E-state index contributed by atoms with van der Waals surface area (Å²) in [6.45, 7) is 3.07. The quantitative estimate of drug-likeness (QED) is 0.629. The number of anilines is 1. The van der Waals surface area contributed by atoms with Crippen LogP contribution in [0.5, 0.6) is 5.75 Å². The molecule has 2 aromatic carbocycles. The van der Waals surface area contributed by atoms with Gasteiger partial charge in [0.05, 0.1) is 13.2 Å². The summed E-state index contributed by atoms with van der Waals surface area (Å²) in [7, 11) is 1.53. The second kappa shape index (κ2) is 8.21. The van der Waals surface area contributed by atoms with Crippen molar-refractivity contribution in [1.29, 1.82) is 0 Å². The monoisotopic (exact) mass is 330 g/mol. The molecule has 0 aliphatic carbocycles. The third kappa shape index (κ3) is 4.39. The molecule has 6 nitrogen and oxygen atoms in total. The molecule has 0 fully saturated rings. The van der Waals surface area contributed by atoms with Gasteiger partial charge in [0.2, 0.25) is 0 Å². The second-order valence-corrected chi connectivity index (χ2v) is 5.39. The molecule has 0 saturated carbocycles. The number of aliphatic hydroxyl groups is 1. The molecule has 0 heterocycles. The van der Waals surface area contributed by atoms with Crippen LogP contribution in [0.15, 0.2) is 48.5 Å². The fourth-order valence-electron chi connectivity index (χ4n) is 2.23. The Balaban J connectivity index is 2.33. The van der Waals surface area contributed by atoms with Crippen LogP contribution in [0.1, 0.15) is 13.8 Å². The Bertz CT molecular complexity index is 674. The number of rotatable bonds is 6. The number of nitrogens with zero attached hydrogens (tertiary/aromatic N) is 1. The fourth-order valence-corrected chi connectivity index (χ4v) is 2.23. The summed E-state index contributed by atoms with van der Waals surface area (Å²) in [5.74, 6) is 0.522. The molecule has 2 N–H and O–H groups in total. The summed E-state index contributed by atoms with van der Waals surface area (Å²) in [5.41, 5.74) is 4.99. The van der Waals surface area contributed by atoms with Gasteiger partial charge in [-0.2, -0.15) is 0 Å². The SMILES string of the molecule is COc1ccc(-c2ccccc2)cc1N(CO)NC(=O)OC(C)C. The van der Waals surface area contributed by atoms with Crippen molar-refractivity contribution in [3.8, 4) is 16.9 Å². The fraction of sp³-hybridized carbons (Fsp3) is 0.278. The number of carbonyl (C=O) groups is 1. The van der Waals surface area contributed by atoms with Gasteiger partial charge in [-0.25, -0.2) is 10.2 Å². The van der Waals surface area contributed by atoms with Gasteiger partial charge in [-0.15, -0.1) is 0 Å². The highest BCUT2D eigenvalue weighted by Crippen LogP contribution is 2.32. The molecule has 0 bridgehead atoms. The first-order valence-corrected chi connectivity index (χ1v) is 7.64. The van der Waals surface area contributed by atoms with Crippen molar-refractivity contribution >= 4 is 11.8 Å². The number of benzene rings is 2. The maximum atomic E-state index is 11.8. The van der Waals surface area contributed by atoms with E-state index in [2.05, 4.69) is 5.43 Å². The number of hydrogen-bond acceptors (Lipinski definition) is 5. The molecule has 0 atom stereocenters. The number of hydrazine groups is 1. The van der Waals surface area contributed by atoms with Crippen molar-refractivity contribution in [2.75, 3.05) is 18.8 Å². The summed E-state index contributed by atoms with van der Waals surface area (Å²) in [4.78, 5) is 11.8. The lowest BCUT2D eigenvalue weighted by atomic mass is 10.0. The van der Waals surface area contributed by atoms with Crippen LogP contribution >= 0.6 is 0 Å². The number of methoxy groups -OCH3 is 1. The van der Waals surface area contributed by atoms with Crippen LogP contribution in [0.25, 0.3) is 11.1 Å². The van der Waals surface area contributed by atoms with E-state index in [0.717, 1.165) is 11.1 Å². The number of nitrogens with one attached hydrogen (secondary N) is 1. The lowest BCUT2D eigenvalue weighted by molar-refractivity contribution is 0.111. The first kappa shape index (κ1) is 17.6. The molecule has 0 radical (unpaired) electrons. The summed E-state index contributed by atoms with van der Waals surface area (Å²) < 4.78 is 10.4. The van der Waals surface area contributed by atoms with Crippen LogP contribution in [-0.2, 0) is 4.74 Å². The van der Waals surface area contributed by atoms with Crippen molar-refractivity contribution in [1.82, 2.24) is 5.43 Å². The minimum Gasteiger partial charge on any atom is -0.495 e. The average molecular weight is 330 g/mol. The standard InChI is InChI=1S/C18H22N2O4/c1-13(2)24-18(22)19-20(12-21)16-11-15(9-10-17(16)23-3)14-7-5-4-6-8-14/h4-11,13,21H,12H2,1-3H3,(H,19,22). The van der Waals surface area contributed by atoms with Crippen molar-refractivity contribution < 1.29 is 19.4 Å². The molecule has 0 spiro atoms. The van der Waals surface area contributed by atoms with Crippen molar-refractivity contribution in [2.45, 2.75) is 20.0 Å². The summed E-state index contributed by atoms with van der Waals surface area (Å²) in [5, 5.41) is 10.9.